The molecule has 6 nitrogen and oxygen atoms in total. The van der Waals surface area contributed by atoms with Gasteiger partial charge < -0.3 is 14.8 Å². The second-order valence-corrected chi connectivity index (χ2v) is 5.37. The first-order valence-corrected chi connectivity index (χ1v) is 7.53. The van der Waals surface area contributed by atoms with Crippen LogP contribution in [0.4, 0.5) is 0 Å². The lowest BCUT2D eigenvalue weighted by Gasteiger charge is -2.21. The zero-order chi connectivity index (χ0) is 18.0. The maximum absolute atomic E-state index is 12.8. The molecule has 1 N–H and O–H groups in total. The Balaban J connectivity index is 2.06. The number of Topliss-reactive ketones (excluding diaryl/α,β-unsaturated/α-hetero) is 2. The Morgan fingerprint density at radius 1 is 0.880 bits per heavy atom. The number of ether oxygens (including phenoxy) is 2. The molecule has 0 fully saturated rings. The monoisotopic (exact) mass is 337 g/mol. The Hall–Kier alpha value is -3.41. The van der Waals surface area contributed by atoms with Crippen LogP contribution in [0.15, 0.2) is 60.0 Å². The van der Waals surface area contributed by atoms with Crippen LogP contribution in [-0.2, 0) is 4.79 Å². The maximum atomic E-state index is 12.8. The molecule has 0 aliphatic heterocycles. The Bertz CT molecular complexity index is 896. The second-order valence-electron chi connectivity index (χ2n) is 5.37. The van der Waals surface area contributed by atoms with E-state index < -0.39 is 17.5 Å². The quantitative estimate of drug-likeness (QED) is 0.927. The first kappa shape index (κ1) is 16.4. The highest BCUT2D eigenvalue weighted by molar-refractivity contribution is 6.26. The first-order valence-electron chi connectivity index (χ1n) is 7.53. The molecule has 25 heavy (non-hydrogen) atoms. The number of benzene rings is 2. The maximum Gasteiger partial charge on any atom is 0.231 e. The van der Waals surface area contributed by atoms with Crippen molar-refractivity contribution in [3.05, 3.63) is 71.1 Å². The molecule has 6 heteroatoms. The average Bonchev–Trinajstić information content (AvgIpc) is 2.63. The number of fused-ring (bicyclic) bond motifs is 1. The van der Waals surface area contributed by atoms with E-state index in [1.54, 1.807) is 48.5 Å². The number of carbonyl (C=O) groups is 3. The van der Waals surface area contributed by atoms with Crippen LogP contribution in [0.3, 0.4) is 0 Å². The van der Waals surface area contributed by atoms with Crippen LogP contribution in [0.2, 0.25) is 0 Å². The van der Waals surface area contributed by atoms with E-state index in [0.29, 0.717) is 11.5 Å². The third-order valence-corrected chi connectivity index (χ3v) is 3.66. The molecule has 1 aliphatic rings. The van der Waals surface area contributed by atoms with Crippen LogP contribution < -0.4 is 14.8 Å². The van der Waals surface area contributed by atoms with Crippen molar-refractivity contribution in [2.45, 2.75) is 6.92 Å². The molecule has 0 radical (unpaired) electrons. The van der Waals surface area contributed by atoms with Crippen LogP contribution >= 0.6 is 0 Å². The average molecular weight is 337 g/mol. The Kier molecular flexibility index (Phi) is 4.35. The minimum Gasteiger partial charge on any atom is -0.497 e. The number of rotatable bonds is 4. The van der Waals surface area contributed by atoms with Gasteiger partial charge in [-0.2, -0.15) is 0 Å². The molecule has 1 aliphatic carbocycles. The molecule has 0 saturated carbocycles. The standard InChI is InChI=1S/C19H15NO5/c1-11(21)20-16-17(22)14-5-3-4-6-15(14)18(23)19(16)25-13-9-7-12(24-2)8-10-13/h3-10H,1-2H3,(H,20,21). The number of hydrogen-bond acceptors (Lipinski definition) is 5. The molecule has 0 saturated heterocycles. The summed E-state index contributed by atoms with van der Waals surface area (Å²) in [6, 6.07) is 13.0. The minimum absolute atomic E-state index is 0.160. The largest absolute Gasteiger partial charge is 0.497 e. The topological polar surface area (TPSA) is 81.7 Å². The van der Waals surface area contributed by atoms with Gasteiger partial charge in [0.05, 0.1) is 7.11 Å². The fourth-order valence-corrected chi connectivity index (χ4v) is 2.50. The van der Waals surface area contributed by atoms with E-state index in [4.69, 9.17) is 9.47 Å². The summed E-state index contributed by atoms with van der Waals surface area (Å²) < 4.78 is 10.7. The zero-order valence-corrected chi connectivity index (χ0v) is 13.7. The number of methoxy groups -OCH3 is 1. The molecule has 2 aromatic carbocycles. The smallest absolute Gasteiger partial charge is 0.231 e. The molecule has 0 heterocycles. The molecule has 2 aromatic rings. The Morgan fingerprint density at radius 3 is 2.00 bits per heavy atom. The van der Waals surface area contributed by atoms with E-state index in [9.17, 15) is 14.4 Å². The molecule has 0 bridgehead atoms. The summed E-state index contributed by atoms with van der Waals surface area (Å²) in [5, 5.41) is 2.42. The number of nitrogens with one attached hydrogen (secondary N) is 1. The van der Waals surface area contributed by atoms with Crippen LogP contribution in [0.25, 0.3) is 0 Å². The van der Waals surface area contributed by atoms with Crippen molar-refractivity contribution in [1.29, 1.82) is 0 Å². The van der Waals surface area contributed by atoms with Gasteiger partial charge in [0.15, 0.2) is 0 Å². The predicted octanol–water partition coefficient (Wildman–Crippen LogP) is 2.50. The van der Waals surface area contributed by atoms with Crippen molar-refractivity contribution in [3.63, 3.8) is 0 Å². The van der Waals surface area contributed by atoms with Crippen molar-refractivity contribution in [2.24, 2.45) is 0 Å². The van der Waals surface area contributed by atoms with Crippen LogP contribution in [0.5, 0.6) is 11.5 Å². The lowest BCUT2D eigenvalue weighted by Crippen LogP contribution is -2.34. The number of allylic oxidation sites excluding steroid dienone is 2. The van der Waals surface area contributed by atoms with Gasteiger partial charge in [-0.05, 0) is 24.3 Å². The summed E-state index contributed by atoms with van der Waals surface area (Å²) >= 11 is 0. The van der Waals surface area contributed by atoms with E-state index in [-0.39, 0.29) is 22.6 Å². The van der Waals surface area contributed by atoms with Gasteiger partial charge in [0.2, 0.25) is 23.2 Å². The third kappa shape index (κ3) is 3.14. The van der Waals surface area contributed by atoms with Crippen molar-refractivity contribution >= 4 is 17.5 Å². The van der Waals surface area contributed by atoms with Gasteiger partial charge in [0, 0.05) is 18.1 Å². The van der Waals surface area contributed by atoms with E-state index >= 15 is 0 Å². The molecule has 0 spiro atoms. The zero-order valence-electron chi connectivity index (χ0n) is 13.7. The number of amides is 1. The van der Waals surface area contributed by atoms with Crippen molar-refractivity contribution < 1.29 is 23.9 Å². The minimum atomic E-state index is -0.466. The summed E-state index contributed by atoms with van der Waals surface area (Å²) in [5.41, 5.74) is 0.315. The summed E-state index contributed by atoms with van der Waals surface area (Å²) in [4.78, 5) is 36.9. The van der Waals surface area contributed by atoms with Crippen LogP contribution in [-0.4, -0.2) is 24.6 Å². The second kappa shape index (κ2) is 6.60. The molecule has 0 aromatic heterocycles. The Labute approximate surface area is 144 Å². The van der Waals surface area contributed by atoms with Crippen LogP contribution in [0, 0.1) is 0 Å². The fourth-order valence-electron chi connectivity index (χ4n) is 2.50. The van der Waals surface area contributed by atoms with E-state index in [0.717, 1.165) is 0 Å². The highest BCUT2D eigenvalue weighted by Gasteiger charge is 2.34. The van der Waals surface area contributed by atoms with E-state index in [2.05, 4.69) is 5.32 Å². The highest BCUT2D eigenvalue weighted by Crippen LogP contribution is 2.28. The van der Waals surface area contributed by atoms with Gasteiger partial charge in [-0.3, -0.25) is 14.4 Å². The van der Waals surface area contributed by atoms with Gasteiger partial charge in [-0.25, -0.2) is 0 Å². The van der Waals surface area contributed by atoms with E-state index in [1.807, 2.05) is 0 Å². The molecule has 0 atom stereocenters. The predicted molar refractivity (Wildman–Crippen MR) is 89.6 cm³/mol. The SMILES string of the molecule is COc1ccc(OC2=C(NC(C)=O)C(=O)c3ccccc3C2=O)cc1. The molecular weight excluding hydrogens is 322 g/mol. The van der Waals surface area contributed by atoms with Gasteiger partial charge in [-0.15, -0.1) is 0 Å². The van der Waals surface area contributed by atoms with Crippen LogP contribution in [0.1, 0.15) is 27.6 Å². The molecular formula is C19H15NO5. The van der Waals surface area contributed by atoms with Crippen molar-refractivity contribution in [3.8, 4) is 11.5 Å². The molecule has 1 amide bonds. The third-order valence-electron chi connectivity index (χ3n) is 3.66. The molecule has 0 unspecified atom stereocenters. The highest BCUT2D eigenvalue weighted by atomic mass is 16.5. The lowest BCUT2D eigenvalue weighted by molar-refractivity contribution is -0.118. The Morgan fingerprint density at radius 2 is 1.44 bits per heavy atom. The van der Waals surface area contributed by atoms with Crippen molar-refractivity contribution in [1.82, 2.24) is 5.32 Å². The summed E-state index contributed by atoms with van der Waals surface area (Å²) in [5.74, 6) is -0.627. The van der Waals surface area contributed by atoms with Gasteiger partial charge in [-0.1, -0.05) is 24.3 Å². The summed E-state index contributed by atoms with van der Waals surface area (Å²) in [6.07, 6.45) is 0. The summed E-state index contributed by atoms with van der Waals surface area (Å²) in [6.45, 7) is 1.26. The molecule has 126 valence electrons. The van der Waals surface area contributed by atoms with E-state index in [1.165, 1.54) is 14.0 Å². The number of hydrogen-bond donors (Lipinski definition) is 1. The fraction of sp³-hybridized carbons (Fsp3) is 0.105. The van der Waals surface area contributed by atoms with Gasteiger partial charge >= 0.3 is 0 Å². The number of carbonyl (C=O) groups excluding carboxylic acids is 3. The van der Waals surface area contributed by atoms with Crippen molar-refractivity contribution in [2.75, 3.05) is 7.11 Å². The summed E-state index contributed by atoms with van der Waals surface area (Å²) in [7, 11) is 1.54. The lowest BCUT2D eigenvalue weighted by atomic mass is 9.91. The van der Waals surface area contributed by atoms with Gasteiger partial charge in [0.25, 0.3) is 0 Å². The van der Waals surface area contributed by atoms with Gasteiger partial charge in [0.1, 0.15) is 17.2 Å². The first-order chi connectivity index (χ1) is 12.0. The normalized spacial score (nSPS) is 13.4. The molecule has 3 rings (SSSR count). The number of ketones is 2.